The third kappa shape index (κ3) is 2.81. The Balaban J connectivity index is 2.03. The van der Waals surface area contributed by atoms with Crippen LogP contribution in [0, 0.1) is 0 Å². The van der Waals surface area contributed by atoms with Gasteiger partial charge < -0.3 is 0 Å². The molecule has 0 amide bonds. The summed E-state index contributed by atoms with van der Waals surface area (Å²) in [6.07, 6.45) is 3.36. The number of nitrogens with zero attached hydrogens (tertiary/aromatic N) is 2. The summed E-state index contributed by atoms with van der Waals surface area (Å²) in [5.41, 5.74) is 4.43. The molecule has 1 aromatic carbocycles. The van der Waals surface area contributed by atoms with Gasteiger partial charge in [-0.1, -0.05) is 29.8 Å². The van der Waals surface area contributed by atoms with E-state index in [9.17, 15) is 0 Å². The Hall–Kier alpha value is -1.87. The van der Waals surface area contributed by atoms with Crippen LogP contribution in [0.1, 0.15) is 5.69 Å². The molecule has 2 aromatic rings. The van der Waals surface area contributed by atoms with Gasteiger partial charge in [-0.05, 0) is 24.3 Å². The molecule has 1 heterocycles. The molecule has 0 saturated heterocycles. The van der Waals surface area contributed by atoms with E-state index in [4.69, 9.17) is 11.6 Å². The Morgan fingerprint density at radius 2 is 1.94 bits per heavy atom. The average Bonchev–Trinajstić information content (AvgIpc) is 2.33. The summed E-state index contributed by atoms with van der Waals surface area (Å²) < 4.78 is 0. The number of pyridine rings is 1. The maximum atomic E-state index is 5.95. The molecular weight excluding hydrogens is 222 g/mol. The molecular formula is C12H10ClN3. The molecule has 0 aliphatic rings. The maximum Gasteiger partial charge on any atom is 0.0830 e. The van der Waals surface area contributed by atoms with Crippen LogP contribution in [0.25, 0.3) is 0 Å². The van der Waals surface area contributed by atoms with E-state index in [-0.39, 0.29) is 0 Å². The van der Waals surface area contributed by atoms with Crippen molar-refractivity contribution >= 4 is 23.5 Å². The second kappa shape index (κ2) is 5.28. The van der Waals surface area contributed by atoms with E-state index in [0.29, 0.717) is 5.02 Å². The van der Waals surface area contributed by atoms with Crippen molar-refractivity contribution in [2.75, 3.05) is 5.43 Å². The first-order valence-corrected chi connectivity index (χ1v) is 5.19. The second-order valence-electron chi connectivity index (χ2n) is 3.10. The van der Waals surface area contributed by atoms with E-state index in [1.54, 1.807) is 18.5 Å². The molecule has 0 radical (unpaired) electrons. The largest absolute Gasteiger partial charge is 0.277 e. The summed E-state index contributed by atoms with van der Waals surface area (Å²) in [6.45, 7) is 0. The van der Waals surface area contributed by atoms with Gasteiger partial charge in [-0.2, -0.15) is 5.10 Å². The monoisotopic (exact) mass is 231 g/mol. The van der Waals surface area contributed by atoms with Gasteiger partial charge in [-0.3, -0.25) is 10.4 Å². The van der Waals surface area contributed by atoms with Gasteiger partial charge in [0.25, 0.3) is 0 Å². The van der Waals surface area contributed by atoms with E-state index in [0.717, 1.165) is 11.4 Å². The van der Waals surface area contributed by atoms with Crippen molar-refractivity contribution in [1.29, 1.82) is 0 Å². The van der Waals surface area contributed by atoms with E-state index >= 15 is 0 Å². The van der Waals surface area contributed by atoms with Crippen LogP contribution in [0.4, 0.5) is 5.69 Å². The molecule has 0 spiro atoms. The normalized spacial score (nSPS) is 10.6. The van der Waals surface area contributed by atoms with Gasteiger partial charge in [0.05, 0.1) is 22.6 Å². The minimum Gasteiger partial charge on any atom is -0.277 e. The fourth-order valence-corrected chi connectivity index (χ4v) is 1.35. The quantitative estimate of drug-likeness (QED) is 0.651. The van der Waals surface area contributed by atoms with E-state index in [1.807, 2.05) is 36.4 Å². The maximum absolute atomic E-state index is 5.95. The fourth-order valence-electron chi connectivity index (χ4n) is 1.17. The van der Waals surface area contributed by atoms with Gasteiger partial charge in [0.1, 0.15) is 0 Å². The van der Waals surface area contributed by atoms with Crippen molar-refractivity contribution < 1.29 is 0 Å². The first-order valence-electron chi connectivity index (χ1n) is 4.81. The van der Waals surface area contributed by atoms with E-state index in [2.05, 4.69) is 15.5 Å². The predicted octanol–water partition coefficient (Wildman–Crippen LogP) is 3.18. The Bertz CT molecular complexity index is 483. The summed E-state index contributed by atoms with van der Waals surface area (Å²) in [4.78, 5) is 4.11. The first-order chi connectivity index (χ1) is 7.86. The second-order valence-corrected chi connectivity index (χ2v) is 3.51. The molecule has 0 aliphatic carbocycles. The lowest BCUT2D eigenvalue weighted by molar-refractivity contribution is 1.28. The molecule has 16 heavy (non-hydrogen) atoms. The van der Waals surface area contributed by atoms with Crippen LogP contribution >= 0.6 is 11.6 Å². The van der Waals surface area contributed by atoms with Crippen LogP contribution in [-0.4, -0.2) is 11.2 Å². The van der Waals surface area contributed by atoms with Crippen LogP contribution in [-0.2, 0) is 0 Å². The smallest absolute Gasteiger partial charge is 0.0830 e. The van der Waals surface area contributed by atoms with Gasteiger partial charge in [-0.25, -0.2) is 0 Å². The van der Waals surface area contributed by atoms with Crippen molar-refractivity contribution in [2.24, 2.45) is 5.10 Å². The molecule has 0 bridgehead atoms. The van der Waals surface area contributed by atoms with E-state index < -0.39 is 0 Å². The van der Waals surface area contributed by atoms with Crippen LogP contribution < -0.4 is 5.43 Å². The third-order valence-corrected chi connectivity index (χ3v) is 2.27. The van der Waals surface area contributed by atoms with Crippen LogP contribution in [0.5, 0.6) is 0 Å². The zero-order valence-corrected chi connectivity index (χ0v) is 9.22. The molecule has 0 atom stereocenters. The molecule has 0 aliphatic heterocycles. The van der Waals surface area contributed by atoms with Crippen molar-refractivity contribution in [2.45, 2.75) is 0 Å². The first kappa shape index (κ1) is 10.6. The van der Waals surface area contributed by atoms with Crippen molar-refractivity contribution in [1.82, 2.24) is 4.98 Å². The number of hydrogen-bond acceptors (Lipinski definition) is 3. The van der Waals surface area contributed by atoms with Gasteiger partial charge in [0.2, 0.25) is 0 Å². The number of para-hydroxylation sites is 1. The lowest BCUT2D eigenvalue weighted by Crippen LogP contribution is -1.92. The standard InChI is InChI=1S/C12H10ClN3/c13-11-6-1-2-7-12(11)16-15-9-10-5-3-4-8-14-10/h1-9,16H/b15-9+. The minimum atomic E-state index is 0.640. The van der Waals surface area contributed by atoms with Gasteiger partial charge in [0.15, 0.2) is 0 Å². The molecule has 0 fully saturated rings. The summed E-state index contributed by atoms with van der Waals surface area (Å²) in [7, 11) is 0. The fraction of sp³-hybridized carbons (Fsp3) is 0. The average molecular weight is 232 g/mol. The molecule has 3 nitrogen and oxygen atoms in total. The van der Waals surface area contributed by atoms with Crippen molar-refractivity contribution in [3.63, 3.8) is 0 Å². The van der Waals surface area contributed by atoms with Gasteiger partial charge >= 0.3 is 0 Å². The number of rotatable bonds is 3. The molecule has 4 heteroatoms. The van der Waals surface area contributed by atoms with Crippen LogP contribution in [0.3, 0.4) is 0 Å². The molecule has 0 unspecified atom stereocenters. The molecule has 1 N–H and O–H groups in total. The molecule has 2 rings (SSSR count). The highest BCUT2D eigenvalue weighted by molar-refractivity contribution is 6.33. The topological polar surface area (TPSA) is 37.3 Å². The highest BCUT2D eigenvalue weighted by Gasteiger charge is 1.94. The number of halogens is 1. The summed E-state index contributed by atoms with van der Waals surface area (Å²) in [6, 6.07) is 13.1. The number of anilines is 1. The number of nitrogens with one attached hydrogen (secondary N) is 1. The zero-order valence-electron chi connectivity index (χ0n) is 8.47. The van der Waals surface area contributed by atoms with Crippen molar-refractivity contribution in [3.05, 3.63) is 59.4 Å². The molecule has 80 valence electrons. The zero-order chi connectivity index (χ0) is 11.2. The third-order valence-electron chi connectivity index (χ3n) is 1.94. The van der Waals surface area contributed by atoms with Gasteiger partial charge in [-0.15, -0.1) is 0 Å². The summed E-state index contributed by atoms with van der Waals surface area (Å²) in [5, 5.41) is 4.69. The lowest BCUT2D eigenvalue weighted by atomic mass is 10.3. The highest BCUT2D eigenvalue weighted by atomic mass is 35.5. The lowest BCUT2D eigenvalue weighted by Gasteiger charge is -2.01. The Labute approximate surface area is 98.8 Å². The number of hydrazone groups is 1. The Morgan fingerprint density at radius 1 is 1.12 bits per heavy atom. The minimum absolute atomic E-state index is 0.640. The van der Waals surface area contributed by atoms with Crippen LogP contribution in [0.2, 0.25) is 5.02 Å². The number of benzene rings is 1. The predicted molar refractivity (Wildman–Crippen MR) is 66.9 cm³/mol. The molecule has 0 saturated carbocycles. The van der Waals surface area contributed by atoms with Gasteiger partial charge in [0, 0.05) is 6.20 Å². The van der Waals surface area contributed by atoms with Crippen molar-refractivity contribution in [3.8, 4) is 0 Å². The summed E-state index contributed by atoms with van der Waals surface area (Å²) >= 11 is 5.95. The van der Waals surface area contributed by atoms with E-state index in [1.165, 1.54) is 0 Å². The van der Waals surface area contributed by atoms with Crippen LogP contribution in [0.15, 0.2) is 53.8 Å². The summed E-state index contributed by atoms with van der Waals surface area (Å²) in [5.74, 6) is 0. The number of hydrogen-bond donors (Lipinski definition) is 1. The Kier molecular flexibility index (Phi) is 3.51. The SMILES string of the molecule is Clc1ccccc1N/N=C/c1ccccn1. The number of aromatic nitrogens is 1. The molecule has 1 aromatic heterocycles. The Morgan fingerprint density at radius 3 is 2.69 bits per heavy atom. The highest BCUT2D eigenvalue weighted by Crippen LogP contribution is 2.19.